The van der Waals surface area contributed by atoms with Crippen LogP contribution >= 0.6 is 47.8 Å². The Morgan fingerprint density at radius 1 is 1.40 bits per heavy atom. The summed E-state index contributed by atoms with van der Waals surface area (Å²) in [5.41, 5.74) is 0.356. The van der Waals surface area contributed by atoms with Crippen LogP contribution in [0.1, 0.15) is 12.8 Å². The van der Waals surface area contributed by atoms with E-state index in [0.717, 1.165) is 16.3 Å². The number of pyridine rings is 1. The van der Waals surface area contributed by atoms with E-state index in [1.54, 1.807) is 10.6 Å². The van der Waals surface area contributed by atoms with Crippen molar-refractivity contribution in [1.29, 1.82) is 0 Å². The molecule has 1 heterocycles. The highest BCUT2D eigenvalue weighted by molar-refractivity contribution is 9.11. The first kappa shape index (κ1) is 11.9. The molecule has 0 radical (unpaired) electrons. The number of aromatic nitrogens is 1. The quantitative estimate of drug-likeness (QED) is 0.712. The summed E-state index contributed by atoms with van der Waals surface area (Å²) in [5, 5.41) is 0.969. The second kappa shape index (κ2) is 4.34. The molecular weight excluding hydrogens is 390 g/mol. The Balaban J connectivity index is 2.32. The molecule has 1 aliphatic rings. The normalized spacial score (nSPS) is 17.8. The van der Waals surface area contributed by atoms with E-state index in [0.29, 0.717) is 9.89 Å². The van der Waals surface area contributed by atoms with Crippen molar-refractivity contribution < 1.29 is 0 Å². The smallest absolute Gasteiger partial charge is 0.264 e. The van der Waals surface area contributed by atoms with Crippen molar-refractivity contribution in [2.24, 2.45) is 5.41 Å². The Morgan fingerprint density at radius 2 is 2.07 bits per heavy atom. The molecule has 1 aromatic rings. The molecule has 1 aromatic heterocycles. The summed E-state index contributed by atoms with van der Waals surface area (Å²) in [5.74, 6) is 0. The highest BCUT2D eigenvalue weighted by Crippen LogP contribution is 2.48. The Bertz CT molecular complexity index is 437. The molecule has 0 spiro atoms. The number of hydrogen-bond donors (Lipinski definition) is 0. The van der Waals surface area contributed by atoms with Gasteiger partial charge in [-0.05, 0) is 56.2 Å². The van der Waals surface area contributed by atoms with Gasteiger partial charge in [0.2, 0.25) is 0 Å². The van der Waals surface area contributed by atoms with Crippen molar-refractivity contribution in [2.75, 3.05) is 5.33 Å². The van der Waals surface area contributed by atoms with Crippen molar-refractivity contribution in [2.45, 2.75) is 19.4 Å². The van der Waals surface area contributed by atoms with Crippen LogP contribution in [0.25, 0.3) is 0 Å². The summed E-state index contributed by atoms with van der Waals surface area (Å²) >= 11 is 10.2. The van der Waals surface area contributed by atoms with E-state index in [-0.39, 0.29) is 5.56 Å². The molecule has 1 fully saturated rings. The largest absolute Gasteiger partial charge is 0.313 e. The Morgan fingerprint density at radius 3 is 2.60 bits per heavy atom. The zero-order valence-electron chi connectivity index (χ0n) is 7.97. The van der Waals surface area contributed by atoms with E-state index in [1.165, 1.54) is 12.8 Å². The molecule has 0 N–H and O–H groups in total. The van der Waals surface area contributed by atoms with Crippen LogP contribution < -0.4 is 5.56 Å². The average Bonchev–Trinajstić information content (AvgIpc) is 2.94. The number of alkyl halides is 1. The third-order valence-electron chi connectivity index (χ3n) is 2.76. The SMILES string of the molecule is O=c1c(Br)cc(Br)cn1CC1(CBr)CC1. The Hall–Kier alpha value is 0.390. The first-order valence-electron chi connectivity index (χ1n) is 4.68. The summed E-state index contributed by atoms with van der Waals surface area (Å²) in [6.07, 6.45) is 4.26. The number of nitrogens with zero attached hydrogens (tertiary/aromatic N) is 1. The molecule has 0 saturated heterocycles. The molecule has 0 unspecified atom stereocenters. The third-order valence-corrected chi connectivity index (χ3v) is 4.95. The summed E-state index contributed by atoms with van der Waals surface area (Å²) in [7, 11) is 0. The predicted octanol–water partition coefficient (Wildman–Crippen LogP) is 3.55. The van der Waals surface area contributed by atoms with E-state index in [1.807, 2.05) is 6.20 Å². The van der Waals surface area contributed by atoms with Gasteiger partial charge >= 0.3 is 0 Å². The van der Waals surface area contributed by atoms with Crippen LogP contribution in [-0.4, -0.2) is 9.90 Å². The van der Waals surface area contributed by atoms with E-state index in [4.69, 9.17) is 0 Å². The molecule has 2 nitrogen and oxygen atoms in total. The fraction of sp³-hybridized carbons (Fsp3) is 0.500. The molecule has 15 heavy (non-hydrogen) atoms. The van der Waals surface area contributed by atoms with Gasteiger partial charge in [-0.2, -0.15) is 0 Å². The van der Waals surface area contributed by atoms with Crippen LogP contribution in [0.5, 0.6) is 0 Å². The lowest BCUT2D eigenvalue weighted by molar-refractivity contribution is 0.464. The summed E-state index contributed by atoms with van der Waals surface area (Å²) in [4.78, 5) is 11.8. The van der Waals surface area contributed by atoms with Crippen LogP contribution in [0.3, 0.4) is 0 Å². The summed E-state index contributed by atoms with van der Waals surface area (Å²) in [6, 6.07) is 1.78. The monoisotopic (exact) mass is 397 g/mol. The van der Waals surface area contributed by atoms with E-state index < -0.39 is 0 Å². The molecular formula is C10H10Br3NO. The minimum Gasteiger partial charge on any atom is -0.313 e. The van der Waals surface area contributed by atoms with Crippen molar-refractivity contribution in [1.82, 2.24) is 4.57 Å². The second-order valence-corrected chi connectivity index (χ2v) is 6.40. The molecule has 2 rings (SSSR count). The van der Waals surface area contributed by atoms with Gasteiger partial charge in [-0.25, -0.2) is 0 Å². The molecule has 0 aliphatic heterocycles. The number of rotatable bonds is 3. The maximum atomic E-state index is 11.8. The molecule has 5 heteroatoms. The van der Waals surface area contributed by atoms with Crippen molar-refractivity contribution >= 4 is 47.8 Å². The maximum Gasteiger partial charge on any atom is 0.264 e. The zero-order chi connectivity index (χ0) is 11.1. The van der Waals surface area contributed by atoms with E-state index >= 15 is 0 Å². The number of hydrogen-bond acceptors (Lipinski definition) is 1. The van der Waals surface area contributed by atoms with Gasteiger partial charge in [0.1, 0.15) is 0 Å². The van der Waals surface area contributed by atoms with Crippen molar-refractivity contribution in [3.8, 4) is 0 Å². The minimum atomic E-state index is 0.0467. The fourth-order valence-corrected chi connectivity index (χ4v) is 3.55. The van der Waals surface area contributed by atoms with Crippen LogP contribution in [0.15, 0.2) is 26.0 Å². The molecule has 0 amide bonds. The van der Waals surface area contributed by atoms with E-state index in [2.05, 4.69) is 47.8 Å². The van der Waals surface area contributed by atoms with Gasteiger partial charge in [0, 0.05) is 22.5 Å². The summed E-state index contributed by atoms with van der Waals surface area (Å²) in [6.45, 7) is 0.801. The van der Waals surface area contributed by atoms with Gasteiger partial charge in [-0.3, -0.25) is 4.79 Å². The van der Waals surface area contributed by atoms with Crippen LogP contribution in [0.4, 0.5) is 0 Å². The van der Waals surface area contributed by atoms with Gasteiger partial charge in [-0.1, -0.05) is 15.9 Å². The molecule has 0 bridgehead atoms. The standard InChI is InChI=1S/C10H10Br3NO/c11-5-10(1-2-10)6-14-4-7(12)3-8(13)9(14)15/h3-4H,1-2,5-6H2. The minimum absolute atomic E-state index is 0.0467. The molecule has 0 atom stereocenters. The topological polar surface area (TPSA) is 22.0 Å². The molecule has 1 saturated carbocycles. The molecule has 82 valence electrons. The lowest BCUT2D eigenvalue weighted by atomic mass is 10.1. The fourth-order valence-electron chi connectivity index (χ4n) is 1.55. The zero-order valence-corrected chi connectivity index (χ0v) is 12.7. The Kier molecular flexibility index (Phi) is 3.43. The van der Waals surface area contributed by atoms with Crippen LogP contribution in [0.2, 0.25) is 0 Å². The maximum absolute atomic E-state index is 11.8. The first-order valence-corrected chi connectivity index (χ1v) is 7.39. The second-order valence-electron chi connectivity index (χ2n) is 4.07. The Labute approximate surface area is 113 Å². The van der Waals surface area contributed by atoms with E-state index in [9.17, 15) is 4.79 Å². The average molecular weight is 400 g/mol. The highest BCUT2D eigenvalue weighted by atomic mass is 79.9. The lowest BCUT2D eigenvalue weighted by Crippen LogP contribution is -2.25. The third kappa shape index (κ3) is 2.56. The predicted molar refractivity (Wildman–Crippen MR) is 71.6 cm³/mol. The highest BCUT2D eigenvalue weighted by Gasteiger charge is 2.41. The van der Waals surface area contributed by atoms with Crippen molar-refractivity contribution in [3.63, 3.8) is 0 Å². The van der Waals surface area contributed by atoms with Gasteiger partial charge < -0.3 is 4.57 Å². The van der Waals surface area contributed by atoms with Gasteiger partial charge in [0.15, 0.2) is 0 Å². The number of halogens is 3. The summed E-state index contributed by atoms with van der Waals surface area (Å²) < 4.78 is 3.32. The lowest BCUT2D eigenvalue weighted by Gasteiger charge is -2.14. The van der Waals surface area contributed by atoms with Gasteiger partial charge in [0.05, 0.1) is 4.47 Å². The van der Waals surface area contributed by atoms with Crippen LogP contribution in [-0.2, 0) is 6.54 Å². The van der Waals surface area contributed by atoms with Crippen molar-refractivity contribution in [3.05, 3.63) is 31.6 Å². The van der Waals surface area contributed by atoms with Crippen LogP contribution in [0, 0.1) is 5.41 Å². The van der Waals surface area contributed by atoms with Gasteiger partial charge in [0.25, 0.3) is 5.56 Å². The first-order chi connectivity index (χ1) is 7.06. The van der Waals surface area contributed by atoms with Gasteiger partial charge in [-0.15, -0.1) is 0 Å². The molecule has 0 aromatic carbocycles. The molecule has 1 aliphatic carbocycles.